The SMILES string of the molecule is C=C(C)/C(F)=C\C(Cl)=C(C)C.CC. The van der Waals surface area contributed by atoms with Crippen LogP contribution in [-0.2, 0) is 0 Å². The summed E-state index contributed by atoms with van der Waals surface area (Å²) in [4.78, 5) is 0. The minimum absolute atomic E-state index is 0.365. The molecule has 0 fully saturated rings. The normalized spacial score (nSPS) is 9.92. The van der Waals surface area contributed by atoms with Crippen molar-refractivity contribution in [3.05, 3.63) is 34.7 Å². The van der Waals surface area contributed by atoms with Crippen molar-refractivity contribution in [3.8, 4) is 0 Å². The van der Waals surface area contributed by atoms with Gasteiger partial charge in [0.15, 0.2) is 0 Å². The van der Waals surface area contributed by atoms with E-state index in [0.29, 0.717) is 10.6 Å². The second kappa shape index (κ2) is 8.06. The highest BCUT2D eigenvalue weighted by molar-refractivity contribution is 6.31. The van der Waals surface area contributed by atoms with Crippen LogP contribution in [0.15, 0.2) is 34.7 Å². The summed E-state index contributed by atoms with van der Waals surface area (Å²) in [6.07, 6.45) is 1.28. The van der Waals surface area contributed by atoms with Gasteiger partial charge in [-0.15, -0.1) is 0 Å². The van der Waals surface area contributed by atoms with Gasteiger partial charge in [0.1, 0.15) is 5.83 Å². The third-order valence-electron chi connectivity index (χ3n) is 1.14. The van der Waals surface area contributed by atoms with E-state index in [1.54, 1.807) is 6.92 Å². The molecule has 0 aromatic carbocycles. The monoisotopic (exact) mass is 204 g/mol. The van der Waals surface area contributed by atoms with Gasteiger partial charge in [-0.1, -0.05) is 37.6 Å². The van der Waals surface area contributed by atoms with Crippen molar-refractivity contribution in [2.75, 3.05) is 0 Å². The van der Waals surface area contributed by atoms with Gasteiger partial charge in [0.05, 0.1) is 0 Å². The van der Waals surface area contributed by atoms with Gasteiger partial charge in [-0.3, -0.25) is 0 Å². The molecule has 0 unspecified atom stereocenters. The van der Waals surface area contributed by atoms with Gasteiger partial charge in [0.2, 0.25) is 0 Å². The van der Waals surface area contributed by atoms with Crippen LogP contribution in [0.4, 0.5) is 4.39 Å². The number of hydrogen-bond donors (Lipinski definition) is 0. The van der Waals surface area contributed by atoms with E-state index in [-0.39, 0.29) is 5.83 Å². The van der Waals surface area contributed by atoms with E-state index in [1.807, 2.05) is 27.7 Å². The summed E-state index contributed by atoms with van der Waals surface area (Å²) in [5.41, 5.74) is 1.28. The van der Waals surface area contributed by atoms with Crippen molar-refractivity contribution in [3.63, 3.8) is 0 Å². The summed E-state index contributed by atoms with van der Waals surface area (Å²) in [6, 6.07) is 0. The highest BCUT2D eigenvalue weighted by atomic mass is 35.5. The Bertz CT molecular complexity index is 220. The smallest absolute Gasteiger partial charge is 0.127 e. The highest BCUT2D eigenvalue weighted by Crippen LogP contribution is 2.16. The van der Waals surface area contributed by atoms with Gasteiger partial charge >= 0.3 is 0 Å². The standard InChI is InChI=1S/C9H12ClF.C2H6/c1-6(2)8(10)5-9(11)7(3)4;1-2/h5H,3H2,1-2,4H3;1-2H3/b9-5+;. The third kappa shape index (κ3) is 7.79. The summed E-state index contributed by atoms with van der Waals surface area (Å²) in [5.74, 6) is -0.365. The lowest BCUT2D eigenvalue weighted by Crippen LogP contribution is -1.76. The Labute approximate surface area is 85.8 Å². The van der Waals surface area contributed by atoms with Crippen LogP contribution in [0, 0.1) is 0 Å². The van der Waals surface area contributed by atoms with Crippen LogP contribution >= 0.6 is 11.6 Å². The quantitative estimate of drug-likeness (QED) is 0.557. The summed E-state index contributed by atoms with van der Waals surface area (Å²) >= 11 is 5.68. The fourth-order valence-corrected chi connectivity index (χ4v) is 0.475. The molecule has 0 amide bonds. The average Bonchev–Trinajstić information content (AvgIpc) is 2.07. The van der Waals surface area contributed by atoms with E-state index >= 15 is 0 Å². The molecule has 0 heterocycles. The van der Waals surface area contributed by atoms with Crippen LogP contribution in [-0.4, -0.2) is 0 Å². The number of hydrogen-bond acceptors (Lipinski definition) is 0. The molecule has 0 saturated carbocycles. The van der Waals surface area contributed by atoms with Crippen LogP contribution < -0.4 is 0 Å². The number of halogens is 2. The Morgan fingerprint density at radius 3 is 1.85 bits per heavy atom. The minimum atomic E-state index is -0.365. The van der Waals surface area contributed by atoms with Crippen molar-refractivity contribution in [2.24, 2.45) is 0 Å². The Morgan fingerprint density at radius 1 is 1.23 bits per heavy atom. The zero-order valence-corrected chi connectivity index (χ0v) is 9.80. The zero-order chi connectivity index (χ0) is 11.0. The molecule has 0 aromatic heterocycles. The molecule has 0 saturated heterocycles. The van der Waals surface area contributed by atoms with Gasteiger partial charge in [-0.05, 0) is 32.4 Å². The average molecular weight is 205 g/mol. The first-order valence-corrected chi connectivity index (χ1v) is 4.69. The van der Waals surface area contributed by atoms with Crippen molar-refractivity contribution >= 4 is 11.6 Å². The molecule has 0 rings (SSSR count). The fraction of sp³-hybridized carbons (Fsp3) is 0.455. The maximum Gasteiger partial charge on any atom is 0.127 e. The number of rotatable bonds is 2. The van der Waals surface area contributed by atoms with E-state index in [9.17, 15) is 4.39 Å². The first-order chi connectivity index (χ1) is 5.95. The summed E-state index contributed by atoms with van der Waals surface area (Å²) in [7, 11) is 0. The molecule has 0 N–H and O–H groups in total. The molecule has 0 aromatic rings. The van der Waals surface area contributed by atoms with Gasteiger partial charge in [-0.25, -0.2) is 4.39 Å². The summed E-state index contributed by atoms with van der Waals surface area (Å²) in [5, 5.41) is 0.436. The molecule has 76 valence electrons. The van der Waals surface area contributed by atoms with E-state index in [2.05, 4.69) is 6.58 Å². The first kappa shape index (κ1) is 14.9. The molecule has 0 radical (unpaired) electrons. The summed E-state index contributed by atoms with van der Waals surface area (Å²) in [6.45, 7) is 12.7. The second-order valence-corrected chi connectivity index (χ2v) is 3.03. The molecule has 0 aliphatic heterocycles. The lowest BCUT2D eigenvalue weighted by atomic mass is 10.2. The van der Waals surface area contributed by atoms with Gasteiger partial charge in [0.25, 0.3) is 0 Å². The van der Waals surface area contributed by atoms with Crippen LogP contribution in [0.3, 0.4) is 0 Å². The Balaban J connectivity index is 0. The largest absolute Gasteiger partial charge is 0.207 e. The lowest BCUT2D eigenvalue weighted by Gasteiger charge is -1.95. The van der Waals surface area contributed by atoms with Gasteiger partial charge < -0.3 is 0 Å². The Morgan fingerprint density at radius 2 is 1.62 bits per heavy atom. The van der Waals surface area contributed by atoms with Crippen LogP contribution in [0.25, 0.3) is 0 Å². The van der Waals surface area contributed by atoms with E-state index in [4.69, 9.17) is 11.6 Å². The number of allylic oxidation sites excluding steroid dienone is 5. The van der Waals surface area contributed by atoms with Crippen molar-refractivity contribution < 1.29 is 4.39 Å². The maximum atomic E-state index is 12.8. The predicted octanol–water partition coefficient (Wildman–Crippen LogP) is 4.97. The third-order valence-corrected chi connectivity index (χ3v) is 1.63. The summed E-state index contributed by atoms with van der Waals surface area (Å²) < 4.78 is 12.8. The maximum absolute atomic E-state index is 12.8. The molecular weight excluding hydrogens is 187 g/mol. The topological polar surface area (TPSA) is 0 Å². The van der Waals surface area contributed by atoms with Crippen molar-refractivity contribution in [1.29, 1.82) is 0 Å². The Kier molecular flexibility index (Phi) is 9.26. The molecule has 0 atom stereocenters. The molecule has 0 aliphatic rings. The zero-order valence-electron chi connectivity index (χ0n) is 9.04. The fourth-order valence-electron chi connectivity index (χ4n) is 0.379. The van der Waals surface area contributed by atoms with Crippen LogP contribution in [0.5, 0.6) is 0 Å². The Hall–Kier alpha value is -0.560. The van der Waals surface area contributed by atoms with E-state index < -0.39 is 0 Å². The molecule has 0 spiro atoms. The first-order valence-electron chi connectivity index (χ1n) is 4.31. The molecule has 0 aliphatic carbocycles. The van der Waals surface area contributed by atoms with E-state index in [1.165, 1.54) is 6.08 Å². The molecule has 2 heteroatoms. The minimum Gasteiger partial charge on any atom is -0.207 e. The van der Waals surface area contributed by atoms with Crippen LogP contribution in [0.2, 0.25) is 0 Å². The van der Waals surface area contributed by atoms with Gasteiger partial charge in [-0.2, -0.15) is 0 Å². The second-order valence-electron chi connectivity index (χ2n) is 2.62. The van der Waals surface area contributed by atoms with Crippen LogP contribution in [0.1, 0.15) is 34.6 Å². The predicted molar refractivity (Wildman–Crippen MR) is 59.6 cm³/mol. The highest BCUT2D eigenvalue weighted by Gasteiger charge is 1.96. The molecule has 13 heavy (non-hydrogen) atoms. The molecule has 0 bridgehead atoms. The molecule has 0 nitrogen and oxygen atoms in total. The van der Waals surface area contributed by atoms with Crippen molar-refractivity contribution in [1.82, 2.24) is 0 Å². The van der Waals surface area contributed by atoms with E-state index in [0.717, 1.165) is 5.57 Å². The lowest BCUT2D eigenvalue weighted by molar-refractivity contribution is 0.652. The molecular formula is C11H18ClF. The van der Waals surface area contributed by atoms with Gasteiger partial charge in [0, 0.05) is 5.03 Å². The van der Waals surface area contributed by atoms with Crippen molar-refractivity contribution in [2.45, 2.75) is 34.6 Å².